The van der Waals surface area contributed by atoms with Crippen molar-refractivity contribution in [2.24, 2.45) is 11.7 Å². The molecule has 2 aliphatic rings. The molecular weight excluding hydrogens is 294 g/mol. The van der Waals surface area contributed by atoms with Gasteiger partial charge in [-0.25, -0.2) is 0 Å². The summed E-state index contributed by atoms with van der Waals surface area (Å²) in [5.74, 6) is 2.38. The Morgan fingerprint density at radius 3 is 2.68 bits per heavy atom. The van der Waals surface area contributed by atoms with E-state index >= 15 is 0 Å². The van der Waals surface area contributed by atoms with Crippen molar-refractivity contribution in [3.63, 3.8) is 0 Å². The zero-order valence-electron chi connectivity index (χ0n) is 13.0. The van der Waals surface area contributed by atoms with Crippen molar-refractivity contribution >= 4 is 29.0 Å². The Bertz CT molecular complexity index is 508. The van der Waals surface area contributed by atoms with E-state index in [-0.39, 0.29) is 11.8 Å². The molecule has 1 atom stereocenters. The lowest BCUT2D eigenvalue weighted by atomic mass is 9.96. The Kier molecular flexibility index (Phi) is 5.13. The fraction of sp³-hybridized carbons (Fsp3) is 0.588. The number of nitrogens with zero attached hydrogens (tertiary/aromatic N) is 1. The number of carbonyl (C=O) groups is 1. The number of amides is 1. The first-order chi connectivity index (χ1) is 10.7. The molecule has 22 heavy (non-hydrogen) atoms. The van der Waals surface area contributed by atoms with Crippen LogP contribution in [0.25, 0.3) is 0 Å². The summed E-state index contributed by atoms with van der Waals surface area (Å²) in [5, 5.41) is 3.73. The minimum absolute atomic E-state index is 0.0473. The van der Waals surface area contributed by atoms with Gasteiger partial charge in [-0.05, 0) is 43.6 Å². The van der Waals surface area contributed by atoms with E-state index < -0.39 is 0 Å². The van der Waals surface area contributed by atoms with Crippen LogP contribution in [0.2, 0.25) is 0 Å². The second-order valence-corrected chi connectivity index (χ2v) is 7.39. The summed E-state index contributed by atoms with van der Waals surface area (Å²) in [4.78, 5) is 13.7. The largest absolute Gasteiger partial charge is 0.380 e. The van der Waals surface area contributed by atoms with Crippen molar-refractivity contribution in [2.45, 2.75) is 31.7 Å². The SMILES string of the molecule is NC(=O)C1CCN(c2ccccc2N[C@@H]2CCCSC2)CC1. The summed E-state index contributed by atoms with van der Waals surface area (Å²) < 4.78 is 0. The van der Waals surface area contributed by atoms with Crippen molar-refractivity contribution in [1.82, 2.24) is 0 Å². The molecule has 0 aliphatic carbocycles. The van der Waals surface area contributed by atoms with Gasteiger partial charge in [-0.2, -0.15) is 11.8 Å². The molecule has 120 valence electrons. The summed E-state index contributed by atoms with van der Waals surface area (Å²) in [5.41, 5.74) is 7.93. The number of primary amides is 1. The van der Waals surface area contributed by atoms with E-state index in [2.05, 4.69) is 34.5 Å². The minimum Gasteiger partial charge on any atom is -0.380 e. The monoisotopic (exact) mass is 319 g/mol. The van der Waals surface area contributed by atoms with Crippen LogP contribution in [-0.4, -0.2) is 36.5 Å². The molecule has 3 rings (SSSR count). The standard InChI is InChI=1S/C17H25N3OS/c18-17(21)13-7-9-20(10-8-13)16-6-2-1-5-15(16)19-14-4-3-11-22-12-14/h1-2,5-6,13-14,19H,3-4,7-12H2,(H2,18,21)/t14-/m1/s1. The van der Waals surface area contributed by atoms with Crippen LogP contribution in [-0.2, 0) is 4.79 Å². The van der Waals surface area contributed by atoms with Crippen LogP contribution in [0.5, 0.6) is 0 Å². The van der Waals surface area contributed by atoms with Crippen molar-refractivity contribution in [3.05, 3.63) is 24.3 Å². The summed E-state index contributed by atoms with van der Waals surface area (Å²) in [6.07, 6.45) is 4.28. The molecule has 2 saturated heterocycles. The summed E-state index contributed by atoms with van der Waals surface area (Å²) in [6.45, 7) is 1.82. The van der Waals surface area contributed by atoms with E-state index in [1.165, 1.54) is 35.7 Å². The maximum Gasteiger partial charge on any atom is 0.220 e. The number of para-hydroxylation sites is 2. The first-order valence-electron chi connectivity index (χ1n) is 8.21. The van der Waals surface area contributed by atoms with Gasteiger partial charge in [-0.1, -0.05) is 12.1 Å². The Labute approximate surface area is 136 Å². The molecule has 1 aromatic rings. The fourth-order valence-corrected chi connectivity index (χ4v) is 4.42. The van der Waals surface area contributed by atoms with E-state index in [1.807, 2.05) is 11.8 Å². The molecule has 1 amide bonds. The predicted molar refractivity (Wildman–Crippen MR) is 94.5 cm³/mol. The second kappa shape index (κ2) is 7.27. The molecule has 5 heteroatoms. The van der Waals surface area contributed by atoms with E-state index in [1.54, 1.807) is 0 Å². The van der Waals surface area contributed by atoms with Crippen LogP contribution in [0, 0.1) is 5.92 Å². The minimum atomic E-state index is -0.148. The average molecular weight is 319 g/mol. The van der Waals surface area contributed by atoms with Gasteiger partial charge >= 0.3 is 0 Å². The highest BCUT2D eigenvalue weighted by Gasteiger charge is 2.24. The average Bonchev–Trinajstić information content (AvgIpc) is 2.56. The smallest absolute Gasteiger partial charge is 0.220 e. The fourth-order valence-electron chi connectivity index (χ4n) is 3.35. The number of piperidine rings is 1. The van der Waals surface area contributed by atoms with Crippen LogP contribution in [0.15, 0.2) is 24.3 Å². The molecule has 0 saturated carbocycles. The Hall–Kier alpha value is -1.36. The highest BCUT2D eigenvalue weighted by Crippen LogP contribution is 2.31. The first kappa shape index (κ1) is 15.5. The van der Waals surface area contributed by atoms with E-state index in [4.69, 9.17) is 5.73 Å². The van der Waals surface area contributed by atoms with E-state index in [0.717, 1.165) is 25.9 Å². The lowest BCUT2D eigenvalue weighted by Crippen LogP contribution is -2.39. The third-order valence-corrected chi connectivity index (χ3v) is 5.88. The van der Waals surface area contributed by atoms with Crippen molar-refractivity contribution < 1.29 is 4.79 Å². The molecule has 0 radical (unpaired) electrons. The highest BCUT2D eigenvalue weighted by atomic mass is 32.2. The van der Waals surface area contributed by atoms with E-state index in [0.29, 0.717) is 6.04 Å². The Balaban J connectivity index is 1.67. The Morgan fingerprint density at radius 1 is 1.23 bits per heavy atom. The van der Waals surface area contributed by atoms with Gasteiger partial charge in [0.05, 0.1) is 11.4 Å². The normalized spacial score (nSPS) is 23.3. The summed E-state index contributed by atoms with van der Waals surface area (Å²) >= 11 is 2.04. The number of benzene rings is 1. The van der Waals surface area contributed by atoms with Crippen LogP contribution >= 0.6 is 11.8 Å². The number of hydrogen-bond acceptors (Lipinski definition) is 4. The quantitative estimate of drug-likeness (QED) is 0.896. The first-order valence-corrected chi connectivity index (χ1v) is 9.37. The van der Waals surface area contributed by atoms with Gasteiger partial charge in [0.1, 0.15) is 0 Å². The van der Waals surface area contributed by atoms with Gasteiger partial charge in [0, 0.05) is 30.8 Å². The maximum absolute atomic E-state index is 11.3. The number of rotatable bonds is 4. The molecule has 0 unspecified atom stereocenters. The molecule has 0 aromatic heterocycles. The van der Waals surface area contributed by atoms with Crippen LogP contribution in [0.1, 0.15) is 25.7 Å². The maximum atomic E-state index is 11.3. The lowest BCUT2D eigenvalue weighted by molar-refractivity contribution is -0.122. The molecule has 1 aromatic carbocycles. The van der Waals surface area contributed by atoms with Gasteiger partial charge in [0.2, 0.25) is 5.91 Å². The van der Waals surface area contributed by atoms with Crippen LogP contribution in [0.3, 0.4) is 0 Å². The molecule has 0 bridgehead atoms. The van der Waals surface area contributed by atoms with Crippen molar-refractivity contribution in [2.75, 3.05) is 34.8 Å². The van der Waals surface area contributed by atoms with Crippen molar-refractivity contribution in [1.29, 1.82) is 0 Å². The zero-order valence-corrected chi connectivity index (χ0v) is 13.8. The molecule has 2 fully saturated rings. The van der Waals surface area contributed by atoms with Gasteiger partial charge in [0.25, 0.3) is 0 Å². The summed E-state index contributed by atoms with van der Waals surface area (Å²) in [7, 11) is 0. The number of carbonyl (C=O) groups excluding carboxylic acids is 1. The van der Waals surface area contributed by atoms with Crippen LogP contribution < -0.4 is 16.0 Å². The third-order valence-electron chi connectivity index (χ3n) is 4.66. The van der Waals surface area contributed by atoms with Crippen LogP contribution in [0.4, 0.5) is 11.4 Å². The second-order valence-electron chi connectivity index (χ2n) is 6.24. The van der Waals surface area contributed by atoms with Gasteiger partial charge in [-0.3, -0.25) is 4.79 Å². The van der Waals surface area contributed by atoms with Gasteiger partial charge < -0.3 is 16.0 Å². The number of nitrogens with one attached hydrogen (secondary N) is 1. The predicted octanol–water partition coefficient (Wildman–Crippen LogP) is 2.70. The topological polar surface area (TPSA) is 58.4 Å². The number of anilines is 2. The Morgan fingerprint density at radius 2 is 2.00 bits per heavy atom. The summed E-state index contributed by atoms with van der Waals surface area (Å²) in [6, 6.07) is 9.12. The molecule has 0 spiro atoms. The number of hydrogen-bond donors (Lipinski definition) is 2. The zero-order chi connectivity index (χ0) is 15.4. The molecular formula is C17H25N3OS. The lowest BCUT2D eigenvalue weighted by Gasteiger charge is -2.34. The molecule has 4 nitrogen and oxygen atoms in total. The van der Waals surface area contributed by atoms with E-state index in [9.17, 15) is 4.79 Å². The van der Waals surface area contributed by atoms with Crippen molar-refractivity contribution in [3.8, 4) is 0 Å². The molecule has 2 heterocycles. The van der Waals surface area contributed by atoms with Gasteiger partial charge in [0.15, 0.2) is 0 Å². The van der Waals surface area contributed by atoms with Gasteiger partial charge in [-0.15, -0.1) is 0 Å². The number of nitrogens with two attached hydrogens (primary N) is 1. The third kappa shape index (κ3) is 3.69. The highest BCUT2D eigenvalue weighted by molar-refractivity contribution is 7.99. The number of thioether (sulfide) groups is 1. The molecule has 2 aliphatic heterocycles. The molecule has 3 N–H and O–H groups in total.